The fourth-order valence-electron chi connectivity index (χ4n) is 1.58. The third-order valence-corrected chi connectivity index (χ3v) is 5.20. The molecule has 2 heterocycles. The van der Waals surface area contributed by atoms with Gasteiger partial charge in [-0.1, -0.05) is 0 Å². The number of carboxylic acid groups (broad SMARTS) is 1. The molecule has 0 unspecified atom stereocenters. The van der Waals surface area contributed by atoms with Crippen LogP contribution >= 0.6 is 11.3 Å². The summed E-state index contributed by atoms with van der Waals surface area (Å²) in [5.74, 6) is -0.995. The van der Waals surface area contributed by atoms with E-state index in [4.69, 9.17) is 5.11 Å². The van der Waals surface area contributed by atoms with Crippen LogP contribution in [0, 0.1) is 6.92 Å². The van der Waals surface area contributed by atoms with Crippen LogP contribution in [0.1, 0.15) is 15.2 Å². The summed E-state index contributed by atoms with van der Waals surface area (Å²) in [6.45, 7) is 1.56. The number of thiophene rings is 1. The number of aromatic nitrogens is 2. The van der Waals surface area contributed by atoms with Gasteiger partial charge in [-0.05, 0) is 17.9 Å². The van der Waals surface area contributed by atoms with E-state index in [1.165, 1.54) is 22.3 Å². The summed E-state index contributed by atoms with van der Waals surface area (Å²) < 4.78 is 28.2. The zero-order chi connectivity index (χ0) is 14.2. The molecule has 0 radical (unpaired) electrons. The quantitative estimate of drug-likeness (QED) is 0.886. The van der Waals surface area contributed by atoms with Crippen molar-refractivity contribution in [3.8, 4) is 0 Å². The lowest BCUT2D eigenvalue weighted by atomic mass is 10.3. The van der Waals surface area contributed by atoms with Gasteiger partial charge in [0, 0.05) is 13.1 Å². The van der Waals surface area contributed by atoms with Crippen molar-refractivity contribution in [2.24, 2.45) is 7.05 Å². The molecule has 2 aromatic heterocycles. The second kappa shape index (κ2) is 4.67. The van der Waals surface area contributed by atoms with E-state index >= 15 is 0 Å². The standard InChI is InChI=1S/C10H11N3O4S2/c1-6-5-18-8(10(14)15)9(6)19(16,17)12-7-3-4-11-13(7)2/h3-5,12H,1-2H3,(H,14,15). The number of anilines is 1. The van der Waals surface area contributed by atoms with Crippen molar-refractivity contribution in [2.75, 3.05) is 4.72 Å². The van der Waals surface area contributed by atoms with Gasteiger partial charge in [-0.25, -0.2) is 13.2 Å². The van der Waals surface area contributed by atoms with Crippen molar-refractivity contribution in [1.82, 2.24) is 9.78 Å². The Morgan fingerprint density at radius 2 is 2.21 bits per heavy atom. The molecule has 2 rings (SSSR count). The Balaban J connectivity index is 2.49. The minimum Gasteiger partial charge on any atom is -0.477 e. The number of hydrogen-bond acceptors (Lipinski definition) is 5. The van der Waals surface area contributed by atoms with Crippen LogP contribution in [-0.4, -0.2) is 29.3 Å². The van der Waals surface area contributed by atoms with Gasteiger partial charge < -0.3 is 5.11 Å². The lowest BCUT2D eigenvalue weighted by Crippen LogP contribution is -2.18. The smallest absolute Gasteiger partial charge is 0.347 e. The Kier molecular flexibility index (Phi) is 3.33. The molecule has 0 saturated carbocycles. The fraction of sp³-hybridized carbons (Fsp3) is 0.200. The topological polar surface area (TPSA) is 101 Å². The number of rotatable bonds is 4. The molecular weight excluding hydrogens is 290 g/mol. The van der Waals surface area contributed by atoms with Crippen LogP contribution in [0.25, 0.3) is 0 Å². The molecule has 0 saturated heterocycles. The summed E-state index contributed by atoms with van der Waals surface area (Å²) in [7, 11) is -2.37. The molecule has 9 heteroatoms. The number of carbonyl (C=O) groups is 1. The van der Waals surface area contributed by atoms with Crippen molar-refractivity contribution < 1.29 is 18.3 Å². The number of nitrogens with one attached hydrogen (secondary N) is 1. The Morgan fingerprint density at radius 1 is 1.53 bits per heavy atom. The highest BCUT2D eigenvalue weighted by atomic mass is 32.2. The summed E-state index contributed by atoms with van der Waals surface area (Å²) in [5.41, 5.74) is 0.400. The van der Waals surface area contributed by atoms with E-state index in [1.54, 1.807) is 14.0 Å². The molecular formula is C10H11N3O4S2. The van der Waals surface area contributed by atoms with Crippen molar-refractivity contribution in [1.29, 1.82) is 0 Å². The first-order chi connectivity index (χ1) is 8.83. The Hall–Kier alpha value is -1.87. The van der Waals surface area contributed by atoms with Gasteiger partial charge in [0.15, 0.2) is 0 Å². The predicted molar refractivity (Wildman–Crippen MR) is 70.0 cm³/mol. The van der Waals surface area contributed by atoms with Crippen LogP contribution in [0.5, 0.6) is 0 Å². The summed E-state index contributed by atoms with van der Waals surface area (Å²) >= 11 is 0.887. The lowest BCUT2D eigenvalue weighted by molar-refractivity contribution is 0.0698. The summed E-state index contributed by atoms with van der Waals surface area (Å²) in [5, 5.41) is 14.4. The summed E-state index contributed by atoms with van der Waals surface area (Å²) in [6.07, 6.45) is 1.44. The fourth-order valence-corrected chi connectivity index (χ4v) is 4.30. The number of aromatic carboxylic acids is 1. The first kappa shape index (κ1) is 13.6. The molecule has 0 aliphatic carbocycles. The van der Waals surface area contributed by atoms with Gasteiger partial charge in [-0.15, -0.1) is 11.3 Å². The normalized spacial score (nSPS) is 11.5. The number of aryl methyl sites for hydroxylation is 2. The highest BCUT2D eigenvalue weighted by Gasteiger charge is 2.27. The molecule has 0 aromatic carbocycles. The van der Waals surface area contributed by atoms with Gasteiger partial charge in [-0.3, -0.25) is 9.40 Å². The SMILES string of the molecule is Cc1csc(C(=O)O)c1S(=O)(=O)Nc1ccnn1C. The zero-order valence-electron chi connectivity index (χ0n) is 10.1. The Labute approximate surface area is 113 Å². The largest absolute Gasteiger partial charge is 0.477 e. The molecule has 102 valence electrons. The van der Waals surface area contributed by atoms with Crippen LogP contribution in [0.3, 0.4) is 0 Å². The van der Waals surface area contributed by atoms with E-state index in [9.17, 15) is 13.2 Å². The van der Waals surface area contributed by atoms with Gasteiger partial charge in [0.25, 0.3) is 10.0 Å². The molecule has 0 bridgehead atoms. The molecule has 2 aromatic rings. The lowest BCUT2D eigenvalue weighted by Gasteiger charge is -2.08. The van der Waals surface area contributed by atoms with E-state index in [0.29, 0.717) is 5.56 Å². The maximum Gasteiger partial charge on any atom is 0.347 e. The molecule has 0 fully saturated rings. The molecule has 7 nitrogen and oxygen atoms in total. The first-order valence-electron chi connectivity index (χ1n) is 5.15. The molecule has 0 atom stereocenters. The number of nitrogens with zero attached hydrogens (tertiary/aromatic N) is 2. The highest BCUT2D eigenvalue weighted by Crippen LogP contribution is 2.28. The molecule has 0 aliphatic rings. The molecule has 0 spiro atoms. The summed E-state index contributed by atoms with van der Waals surface area (Å²) in [6, 6.07) is 1.49. The summed E-state index contributed by atoms with van der Waals surface area (Å²) in [4.78, 5) is 10.6. The van der Waals surface area contributed by atoms with Gasteiger partial charge in [0.1, 0.15) is 15.6 Å². The monoisotopic (exact) mass is 301 g/mol. The van der Waals surface area contributed by atoms with Gasteiger partial charge in [0.2, 0.25) is 0 Å². The van der Waals surface area contributed by atoms with Crippen LogP contribution < -0.4 is 4.72 Å². The first-order valence-corrected chi connectivity index (χ1v) is 7.51. The van der Waals surface area contributed by atoms with E-state index in [2.05, 4.69) is 9.82 Å². The average Bonchev–Trinajstić information content (AvgIpc) is 2.86. The second-order valence-electron chi connectivity index (χ2n) is 3.83. The molecule has 19 heavy (non-hydrogen) atoms. The van der Waals surface area contributed by atoms with Crippen molar-refractivity contribution in [3.05, 3.63) is 28.1 Å². The third-order valence-electron chi connectivity index (χ3n) is 2.44. The van der Waals surface area contributed by atoms with Gasteiger partial charge in [-0.2, -0.15) is 5.10 Å². The minimum absolute atomic E-state index is 0.202. The van der Waals surface area contributed by atoms with Gasteiger partial charge >= 0.3 is 5.97 Å². The van der Waals surface area contributed by atoms with Crippen LogP contribution in [0.15, 0.2) is 22.5 Å². The van der Waals surface area contributed by atoms with E-state index in [0.717, 1.165) is 11.3 Å². The van der Waals surface area contributed by atoms with Crippen LogP contribution in [0.2, 0.25) is 0 Å². The highest BCUT2D eigenvalue weighted by molar-refractivity contribution is 7.93. The Bertz CT molecular complexity index is 730. The van der Waals surface area contributed by atoms with E-state index in [-0.39, 0.29) is 15.6 Å². The van der Waals surface area contributed by atoms with Crippen LogP contribution in [0.4, 0.5) is 5.82 Å². The second-order valence-corrected chi connectivity index (χ2v) is 6.33. The minimum atomic E-state index is -3.95. The molecule has 0 amide bonds. The van der Waals surface area contributed by atoms with Gasteiger partial charge in [0.05, 0.1) is 6.20 Å². The third kappa shape index (κ3) is 2.47. The maximum atomic E-state index is 12.3. The van der Waals surface area contributed by atoms with Crippen molar-refractivity contribution >= 4 is 33.1 Å². The Morgan fingerprint density at radius 3 is 2.74 bits per heavy atom. The zero-order valence-corrected chi connectivity index (χ0v) is 11.7. The predicted octanol–water partition coefficient (Wildman–Crippen LogP) is 1.29. The number of carboxylic acids is 1. The number of hydrogen-bond donors (Lipinski definition) is 2. The van der Waals surface area contributed by atoms with Crippen molar-refractivity contribution in [3.63, 3.8) is 0 Å². The van der Waals surface area contributed by atoms with E-state index in [1.807, 2.05) is 0 Å². The van der Waals surface area contributed by atoms with Crippen molar-refractivity contribution in [2.45, 2.75) is 11.8 Å². The maximum absolute atomic E-state index is 12.3. The number of sulfonamides is 1. The van der Waals surface area contributed by atoms with Crippen LogP contribution in [-0.2, 0) is 17.1 Å². The molecule has 0 aliphatic heterocycles. The molecule has 2 N–H and O–H groups in total. The van der Waals surface area contributed by atoms with E-state index < -0.39 is 16.0 Å². The average molecular weight is 301 g/mol.